The highest BCUT2D eigenvalue weighted by Gasteiger charge is 2.30. The van der Waals surface area contributed by atoms with Crippen LogP contribution in [-0.2, 0) is 17.1 Å². The molecule has 1 aliphatic rings. The number of nitrogens with zero attached hydrogens (tertiary/aromatic N) is 3. The molecular formula is C21H29N3O3S. The zero-order chi connectivity index (χ0) is 20.6. The Balaban J connectivity index is 1.66. The third kappa shape index (κ3) is 3.92. The molecule has 1 aromatic heterocycles. The smallest absolute Gasteiger partial charge is 0.243 e. The summed E-state index contributed by atoms with van der Waals surface area (Å²) < 4.78 is 29.6. The van der Waals surface area contributed by atoms with Gasteiger partial charge in [-0.25, -0.2) is 8.42 Å². The van der Waals surface area contributed by atoms with E-state index in [1.807, 2.05) is 62.4 Å². The molecule has 6 nitrogen and oxygen atoms in total. The third-order valence-electron chi connectivity index (χ3n) is 5.74. The Labute approximate surface area is 167 Å². The average Bonchev–Trinajstić information content (AvgIpc) is 2.91. The number of benzene rings is 1. The number of hydrogen-bond donors (Lipinski definition) is 0. The number of carbonyl (C=O) groups is 1. The molecule has 28 heavy (non-hydrogen) atoms. The van der Waals surface area contributed by atoms with E-state index in [0.717, 1.165) is 28.1 Å². The molecule has 3 rings (SSSR count). The molecule has 2 aromatic rings. The van der Waals surface area contributed by atoms with Crippen molar-refractivity contribution in [3.63, 3.8) is 0 Å². The molecule has 0 aliphatic carbocycles. The van der Waals surface area contributed by atoms with Crippen LogP contribution in [0.1, 0.15) is 32.9 Å². The van der Waals surface area contributed by atoms with Crippen molar-refractivity contribution in [2.24, 2.45) is 7.05 Å². The molecule has 0 spiro atoms. The standard InChI is InChI=1S/C21H29N3O3S/c1-15-6-7-16(2)21(12-15)28(26,27)24-10-8-23(9-11-24)14-20(25)19-13-17(3)22(5)18(19)4/h6-7,12-13H,8-11,14H2,1-5H3. The van der Waals surface area contributed by atoms with Crippen molar-refractivity contribution in [2.45, 2.75) is 32.6 Å². The number of ketones is 1. The normalized spacial score (nSPS) is 16.5. The van der Waals surface area contributed by atoms with E-state index in [-0.39, 0.29) is 5.78 Å². The Morgan fingerprint density at radius 1 is 1.00 bits per heavy atom. The fraction of sp³-hybridized carbons (Fsp3) is 0.476. The van der Waals surface area contributed by atoms with E-state index in [1.54, 1.807) is 6.07 Å². The minimum Gasteiger partial charge on any atom is -0.351 e. The first-order valence-electron chi connectivity index (χ1n) is 9.57. The second kappa shape index (κ2) is 7.81. The van der Waals surface area contributed by atoms with Crippen molar-refractivity contribution in [3.05, 3.63) is 52.3 Å². The summed E-state index contributed by atoms with van der Waals surface area (Å²) in [7, 11) is -1.55. The van der Waals surface area contributed by atoms with Crippen molar-refractivity contribution in [1.82, 2.24) is 13.8 Å². The highest BCUT2D eigenvalue weighted by atomic mass is 32.2. The van der Waals surface area contributed by atoms with Crippen LogP contribution >= 0.6 is 0 Å². The summed E-state index contributed by atoms with van der Waals surface area (Å²) in [4.78, 5) is 15.1. The molecule has 152 valence electrons. The predicted octanol–water partition coefficient (Wildman–Crippen LogP) is 2.45. The minimum atomic E-state index is -3.51. The second-order valence-corrected chi connectivity index (χ2v) is 9.62. The summed E-state index contributed by atoms with van der Waals surface area (Å²) >= 11 is 0. The molecule has 2 heterocycles. The van der Waals surface area contributed by atoms with Crippen molar-refractivity contribution >= 4 is 15.8 Å². The van der Waals surface area contributed by atoms with E-state index in [0.29, 0.717) is 37.6 Å². The van der Waals surface area contributed by atoms with Crippen molar-refractivity contribution in [2.75, 3.05) is 32.7 Å². The van der Waals surface area contributed by atoms with Crippen LogP contribution in [0.2, 0.25) is 0 Å². The monoisotopic (exact) mass is 403 g/mol. The molecule has 0 atom stereocenters. The highest BCUT2D eigenvalue weighted by Crippen LogP contribution is 2.23. The van der Waals surface area contributed by atoms with Crippen LogP contribution in [0.5, 0.6) is 0 Å². The van der Waals surface area contributed by atoms with Gasteiger partial charge in [-0.2, -0.15) is 4.31 Å². The molecule has 0 saturated carbocycles. The number of sulfonamides is 1. The van der Waals surface area contributed by atoms with Gasteiger partial charge in [-0.1, -0.05) is 12.1 Å². The third-order valence-corrected chi connectivity index (χ3v) is 7.78. The summed E-state index contributed by atoms with van der Waals surface area (Å²) in [6.07, 6.45) is 0. The maximum Gasteiger partial charge on any atom is 0.243 e. The fourth-order valence-corrected chi connectivity index (χ4v) is 5.41. The van der Waals surface area contributed by atoms with E-state index < -0.39 is 10.0 Å². The first-order chi connectivity index (χ1) is 13.1. The molecule has 1 saturated heterocycles. The van der Waals surface area contributed by atoms with Gasteiger partial charge in [0.05, 0.1) is 11.4 Å². The molecule has 0 bridgehead atoms. The summed E-state index contributed by atoms with van der Waals surface area (Å²) in [5.41, 5.74) is 4.48. The lowest BCUT2D eigenvalue weighted by molar-refractivity contribution is 0.0901. The first kappa shape index (κ1) is 20.8. The second-order valence-electron chi connectivity index (χ2n) is 7.72. The van der Waals surface area contributed by atoms with Gasteiger partial charge in [0.15, 0.2) is 5.78 Å². The number of piperazine rings is 1. The lowest BCUT2D eigenvalue weighted by atomic mass is 10.1. The van der Waals surface area contributed by atoms with Crippen molar-refractivity contribution in [1.29, 1.82) is 0 Å². The maximum atomic E-state index is 13.0. The molecule has 0 radical (unpaired) electrons. The molecule has 0 amide bonds. The minimum absolute atomic E-state index is 0.0898. The van der Waals surface area contributed by atoms with Gasteiger partial charge >= 0.3 is 0 Å². The molecular weight excluding hydrogens is 374 g/mol. The van der Waals surface area contributed by atoms with E-state index in [4.69, 9.17) is 0 Å². The number of Topliss-reactive ketones (excluding diaryl/α,β-unsaturated/α-hetero) is 1. The number of aromatic nitrogens is 1. The van der Waals surface area contributed by atoms with Gasteiger partial charge in [0.25, 0.3) is 0 Å². The number of hydrogen-bond acceptors (Lipinski definition) is 4. The number of aryl methyl sites for hydroxylation is 3. The van der Waals surface area contributed by atoms with Crippen LogP contribution in [0.15, 0.2) is 29.2 Å². The van der Waals surface area contributed by atoms with E-state index in [9.17, 15) is 13.2 Å². The van der Waals surface area contributed by atoms with Gasteiger partial charge < -0.3 is 4.57 Å². The Bertz CT molecular complexity index is 1000. The molecule has 1 fully saturated rings. The maximum absolute atomic E-state index is 13.0. The van der Waals surface area contributed by atoms with Gasteiger partial charge in [-0.3, -0.25) is 9.69 Å². The Hall–Kier alpha value is -1.96. The van der Waals surface area contributed by atoms with Gasteiger partial charge in [0.1, 0.15) is 0 Å². The van der Waals surface area contributed by atoms with Crippen LogP contribution < -0.4 is 0 Å². The molecule has 7 heteroatoms. The van der Waals surface area contributed by atoms with Crippen LogP contribution in [0.3, 0.4) is 0 Å². The number of carbonyl (C=O) groups excluding carboxylic acids is 1. The molecule has 1 aliphatic heterocycles. The molecule has 0 unspecified atom stereocenters. The highest BCUT2D eigenvalue weighted by molar-refractivity contribution is 7.89. The first-order valence-corrected chi connectivity index (χ1v) is 11.0. The summed E-state index contributed by atoms with van der Waals surface area (Å²) in [6, 6.07) is 7.44. The molecule has 0 N–H and O–H groups in total. The Morgan fingerprint density at radius 3 is 2.21 bits per heavy atom. The summed E-state index contributed by atoms with van der Waals surface area (Å²) in [5, 5.41) is 0. The topological polar surface area (TPSA) is 62.6 Å². The summed E-state index contributed by atoms with van der Waals surface area (Å²) in [6.45, 7) is 9.89. The van der Waals surface area contributed by atoms with Crippen LogP contribution in [0.4, 0.5) is 0 Å². The lowest BCUT2D eigenvalue weighted by Crippen LogP contribution is -2.49. The predicted molar refractivity (Wildman–Crippen MR) is 110 cm³/mol. The fourth-order valence-electron chi connectivity index (χ4n) is 3.68. The average molecular weight is 404 g/mol. The Kier molecular flexibility index (Phi) is 5.79. The van der Waals surface area contributed by atoms with Crippen molar-refractivity contribution in [3.8, 4) is 0 Å². The van der Waals surface area contributed by atoms with E-state index >= 15 is 0 Å². The molecule has 1 aromatic carbocycles. The number of rotatable bonds is 5. The van der Waals surface area contributed by atoms with Crippen LogP contribution in [0.25, 0.3) is 0 Å². The van der Waals surface area contributed by atoms with Gasteiger partial charge in [-0.15, -0.1) is 0 Å². The zero-order valence-electron chi connectivity index (χ0n) is 17.3. The van der Waals surface area contributed by atoms with Gasteiger partial charge in [0, 0.05) is 50.2 Å². The van der Waals surface area contributed by atoms with Gasteiger partial charge in [-0.05, 0) is 51.0 Å². The SMILES string of the molecule is Cc1ccc(C)c(S(=O)(=O)N2CCN(CC(=O)c3cc(C)n(C)c3C)CC2)c1. The van der Waals surface area contributed by atoms with E-state index in [1.165, 1.54) is 4.31 Å². The van der Waals surface area contributed by atoms with E-state index in [2.05, 4.69) is 0 Å². The van der Waals surface area contributed by atoms with Gasteiger partial charge in [0.2, 0.25) is 10.0 Å². The Morgan fingerprint density at radius 2 is 1.64 bits per heavy atom. The van der Waals surface area contributed by atoms with Crippen LogP contribution in [-0.4, -0.2) is 60.7 Å². The quantitative estimate of drug-likeness (QED) is 0.720. The zero-order valence-corrected chi connectivity index (χ0v) is 18.1. The van der Waals surface area contributed by atoms with Crippen LogP contribution in [0, 0.1) is 27.7 Å². The van der Waals surface area contributed by atoms with Crippen molar-refractivity contribution < 1.29 is 13.2 Å². The largest absolute Gasteiger partial charge is 0.351 e. The lowest BCUT2D eigenvalue weighted by Gasteiger charge is -2.33. The summed E-state index contributed by atoms with van der Waals surface area (Å²) in [5.74, 6) is 0.0898.